The second kappa shape index (κ2) is 12.4. The molecular formula is C23H27IN2O7S. The minimum absolute atomic E-state index is 0.209. The van der Waals surface area contributed by atoms with Crippen molar-refractivity contribution in [1.82, 2.24) is 9.80 Å². The number of nitrogens with zero attached hydrogens (tertiary/aromatic N) is 2. The second-order valence-electron chi connectivity index (χ2n) is 7.57. The number of likely N-dealkylation sites (tertiary alicyclic amines) is 1. The number of hydrogen-bond acceptors (Lipinski definition) is 8. The number of halogens is 1. The van der Waals surface area contributed by atoms with Crippen LogP contribution in [0.15, 0.2) is 17.0 Å². The number of carbonyl (C=O) groups excluding carboxylic acids is 4. The molecule has 2 aliphatic rings. The van der Waals surface area contributed by atoms with Gasteiger partial charge < -0.3 is 19.1 Å². The van der Waals surface area contributed by atoms with Crippen LogP contribution in [0.1, 0.15) is 38.7 Å². The molecule has 0 radical (unpaired) electrons. The summed E-state index contributed by atoms with van der Waals surface area (Å²) in [5, 5.41) is -0.462. The van der Waals surface area contributed by atoms with Crippen molar-refractivity contribution in [3.8, 4) is 11.5 Å². The fraction of sp³-hybridized carbons (Fsp3) is 0.478. The van der Waals surface area contributed by atoms with Gasteiger partial charge in [-0.2, -0.15) is 0 Å². The largest absolute Gasteiger partial charge is 0.490 e. The molecule has 3 amide bonds. The highest BCUT2D eigenvalue weighted by atomic mass is 127. The lowest BCUT2D eigenvalue weighted by Crippen LogP contribution is -2.44. The van der Waals surface area contributed by atoms with E-state index >= 15 is 0 Å². The predicted octanol–water partition coefficient (Wildman–Crippen LogP) is 3.68. The van der Waals surface area contributed by atoms with E-state index in [1.54, 1.807) is 30.0 Å². The van der Waals surface area contributed by atoms with Crippen LogP contribution in [0.4, 0.5) is 4.79 Å². The zero-order valence-corrected chi connectivity index (χ0v) is 22.1. The van der Waals surface area contributed by atoms with Crippen LogP contribution in [0.2, 0.25) is 0 Å². The van der Waals surface area contributed by atoms with Gasteiger partial charge in [0, 0.05) is 13.1 Å². The van der Waals surface area contributed by atoms with Crippen LogP contribution in [0.5, 0.6) is 11.5 Å². The van der Waals surface area contributed by atoms with Gasteiger partial charge in [-0.25, -0.2) is 4.79 Å². The minimum atomic E-state index is -0.490. The maximum absolute atomic E-state index is 12.9. The Bertz CT molecular complexity index is 992. The highest BCUT2D eigenvalue weighted by Crippen LogP contribution is 2.37. The van der Waals surface area contributed by atoms with E-state index in [0.29, 0.717) is 40.3 Å². The molecule has 0 N–H and O–H groups in total. The Balaban J connectivity index is 1.76. The summed E-state index contributed by atoms with van der Waals surface area (Å²) in [6, 6.07) is 3.44. The molecule has 9 nitrogen and oxygen atoms in total. The van der Waals surface area contributed by atoms with Gasteiger partial charge >= 0.3 is 5.97 Å². The first-order chi connectivity index (χ1) is 16.3. The average Bonchev–Trinajstić information content (AvgIpc) is 3.06. The molecule has 2 fully saturated rings. The van der Waals surface area contributed by atoms with Crippen LogP contribution in [-0.2, 0) is 19.1 Å². The number of thioether (sulfide) groups is 1. The SMILES string of the molecule is CCOC(=O)COc1c(I)cc(/C=C2\SC(=O)N(CC(=O)N3CCCCC3)C2=O)cc1OCC. The maximum Gasteiger partial charge on any atom is 0.344 e. The Labute approximate surface area is 216 Å². The number of ether oxygens (including phenoxy) is 3. The summed E-state index contributed by atoms with van der Waals surface area (Å²) < 4.78 is 16.8. The average molecular weight is 602 g/mol. The Morgan fingerprint density at radius 3 is 2.50 bits per heavy atom. The standard InChI is InChI=1S/C23H27IN2O7S/c1-3-31-17-11-15(10-16(24)21(17)33-14-20(28)32-4-2)12-18-22(29)26(23(30)34-18)13-19(27)25-8-6-5-7-9-25/h10-12H,3-9,13-14H2,1-2H3/b18-12-. The van der Waals surface area contributed by atoms with Crippen molar-refractivity contribution < 1.29 is 33.4 Å². The molecule has 2 saturated heterocycles. The quantitative estimate of drug-likeness (QED) is 0.240. The van der Waals surface area contributed by atoms with Gasteiger partial charge in [-0.3, -0.25) is 19.3 Å². The van der Waals surface area contributed by atoms with Crippen molar-refractivity contribution in [3.63, 3.8) is 0 Å². The molecule has 0 bridgehead atoms. The summed E-state index contributed by atoms with van der Waals surface area (Å²) in [5.74, 6) is -0.384. The number of rotatable bonds is 9. The fourth-order valence-corrected chi connectivity index (χ4v) is 5.19. The molecule has 0 spiro atoms. The molecule has 0 saturated carbocycles. The lowest BCUT2D eigenvalue weighted by atomic mass is 10.1. The lowest BCUT2D eigenvalue weighted by Gasteiger charge is -2.27. The van der Waals surface area contributed by atoms with Gasteiger partial charge in [0.2, 0.25) is 5.91 Å². The molecule has 2 aliphatic heterocycles. The first-order valence-corrected chi connectivity index (χ1v) is 13.0. The third-order valence-electron chi connectivity index (χ3n) is 5.14. The van der Waals surface area contributed by atoms with E-state index in [-0.39, 0.29) is 30.6 Å². The normalized spacial score (nSPS) is 17.3. The third kappa shape index (κ3) is 6.65. The minimum Gasteiger partial charge on any atom is -0.490 e. The number of amides is 3. The Morgan fingerprint density at radius 2 is 1.82 bits per heavy atom. The molecule has 0 aromatic heterocycles. The molecular weight excluding hydrogens is 575 g/mol. The molecule has 34 heavy (non-hydrogen) atoms. The molecule has 1 aromatic carbocycles. The maximum atomic E-state index is 12.9. The van der Waals surface area contributed by atoms with Crippen molar-refractivity contribution in [2.45, 2.75) is 33.1 Å². The summed E-state index contributed by atoms with van der Waals surface area (Å²) in [5.41, 5.74) is 0.629. The Morgan fingerprint density at radius 1 is 1.09 bits per heavy atom. The van der Waals surface area contributed by atoms with Crippen molar-refractivity contribution >= 4 is 63.5 Å². The highest BCUT2D eigenvalue weighted by molar-refractivity contribution is 14.1. The zero-order chi connectivity index (χ0) is 24.7. The molecule has 0 atom stereocenters. The number of carbonyl (C=O) groups is 4. The number of esters is 1. The molecule has 1 aromatic rings. The summed E-state index contributed by atoms with van der Waals surface area (Å²) in [6.07, 6.45) is 4.56. The van der Waals surface area contributed by atoms with Gasteiger partial charge in [0.05, 0.1) is 21.7 Å². The smallest absolute Gasteiger partial charge is 0.344 e. The van der Waals surface area contributed by atoms with E-state index < -0.39 is 17.1 Å². The van der Waals surface area contributed by atoms with Gasteiger partial charge in [0.1, 0.15) is 6.54 Å². The molecule has 11 heteroatoms. The van der Waals surface area contributed by atoms with Crippen LogP contribution in [0, 0.1) is 3.57 Å². The van der Waals surface area contributed by atoms with E-state index in [1.165, 1.54) is 0 Å². The van der Waals surface area contributed by atoms with Gasteiger partial charge in [0.25, 0.3) is 11.1 Å². The monoisotopic (exact) mass is 602 g/mol. The third-order valence-corrected chi connectivity index (χ3v) is 6.85. The van der Waals surface area contributed by atoms with Gasteiger partial charge in [-0.05, 0) is 91.2 Å². The van der Waals surface area contributed by atoms with Crippen molar-refractivity contribution in [2.75, 3.05) is 39.5 Å². The first-order valence-electron chi connectivity index (χ1n) is 11.1. The van der Waals surface area contributed by atoms with Crippen LogP contribution >= 0.6 is 34.4 Å². The van der Waals surface area contributed by atoms with Gasteiger partial charge in [0.15, 0.2) is 18.1 Å². The number of imide groups is 1. The van der Waals surface area contributed by atoms with Crippen molar-refractivity contribution in [1.29, 1.82) is 0 Å². The van der Waals surface area contributed by atoms with E-state index in [2.05, 4.69) is 22.6 Å². The van der Waals surface area contributed by atoms with E-state index in [4.69, 9.17) is 14.2 Å². The summed E-state index contributed by atoms with van der Waals surface area (Å²) in [7, 11) is 0. The fourth-order valence-electron chi connectivity index (χ4n) is 3.57. The van der Waals surface area contributed by atoms with Crippen LogP contribution in [0.3, 0.4) is 0 Å². The summed E-state index contributed by atoms with van der Waals surface area (Å²) in [4.78, 5) is 52.5. The Hall–Kier alpha value is -2.28. The summed E-state index contributed by atoms with van der Waals surface area (Å²) in [6.45, 7) is 4.98. The molecule has 184 valence electrons. The van der Waals surface area contributed by atoms with Crippen molar-refractivity contribution in [3.05, 3.63) is 26.2 Å². The Kier molecular flexibility index (Phi) is 9.63. The molecule has 0 unspecified atom stereocenters. The van der Waals surface area contributed by atoms with Crippen LogP contribution < -0.4 is 9.47 Å². The van der Waals surface area contributed by atoms with E-state index in [1.807, 2.05) is 6.92 Å². The number of piperidine rings is 1. The molecule has 3 rings (SSSR count). The van der Waals surface area contributed by atoms with Crippen LogP contribution in [0.25, 0.3) is 6.08 Å². The predicted molar refractivity (Wildman–Crippen MR) is 136 cm³/mol. The summed E-state index contributed by atoms with van der Waals surface area (Å²) >= 11 is 2.86. The number of benzene rings is 1. The first kappa shape index (κ1) is 26.3. The lowest BCUT2D eigenvalue weighted by molar-refractivity contribution is -0.145. The zero-order valence-electron chi connectivity index (χ0n) is 19.1. The molecule has 2 heterocycles. The van der Waals surface area contributed by atoms with E-state index in [0.717, 1.165) is 35.9 Å². The molecule has 0 aliphatic carbocycles. The van der Waals surface area contributed by atoms with Crippen LogP contribution in [-0.4, -0.2) is 72.3 Å². The topological polar surface area (TPSA) is 102 Å². The van der Waals surface area contributed by atoms with E-state index in [9.17, 15) is 19.2 Å². The van der Waals surface area contributed by atoms with Gasteiger partial charge in [-0.1, -0.05) is 0 Å². The highest BCUT2D eigenvalue weighted by Gasteiger charge is 2.37. The second-order valence-corrected chi connectivity index (χ2v) is 9.72. The van der Waals surface area contributed by atoms with Crippen molar-refractivity contribution in [2.24, 2.45) is 0 Å². The number of hydrogen-bond donors (Lipinski definition) is 0. The van der Waals surface area contributed by atoms with Gasteiger partial charge in [-0.15, -0.1) is 0 Å².